The van der Waals surface area contributed by atoms with Gasteiger partial charge >= 0.3 is 0 Å². The highest BCUT2D eigenvalue weighted by Gasteiger charge is 2.31. The highest BCUT2D eigenvalue weighted by Crippen LogP contribution is 2.31. The van der Waals surface area contributed by atoms with Gasteiger partial charge in [0.05, 0.1) is 11.3 Å². The molecule has 0 amide bonds. The van der Waals surface area contributed by atoms with Gasteiger partial charge in [0.2, 0.25) is 0 Å². The minimum atomic E-state index is -0.186. The summed E-state index contributed by atoms with van der Waals surface area (Å²) in [6, 6.07) is 19.4. The van der Waals surface area contributed by atoms with Crippen LogP contribution in [0.2, 0.25) is 5.02 Å². The van der Waals surface area contributed by atoms with E-state index in [-0.39, 0.29) is 11.6 Å². The van der Waals surface area contributed by atoms with Gasteiger partial charge in [-0.05, 0) is 36.0 Å². The summed E-state index contributed by atoms with van der Waals surface area (Å²) in [4.78, 5) is 25.8. The first kappa shape index (κ1) is 18.3. The summed E-state index contributed by atoms with van der Waals surface area (Å²) in [6.07, 6.45) is 0. The number of anilines is 1. The lowest BCUT2D eigenvalue weighted by Gasteiger charge is -2.21. The smallest absolute Gasteiger partial charge is 0.196 e. The molecule has 0 aromatic heterocycles. The summed E-state index contributed by atoms with van der Waals surface area (Å²) in [6.45, 7) is 0.508. The van der Waals surface area contributed by atoms with Gasteiger partial charge in [-0.3, -0.25) is 9.59 Å². The van der Waals surface area contributed by atoms with E-state index in [0.717, 1.165) is 5.56 Å². The Morgan fingerprint density at radius 3 is 2.18 bits per heavy atom. The minimum Gasteiger partial charge on any atom is -0.358 e. The van der Waals surface area contributed by atoms with E-state index in [0.29, 0.717) is 44.6 Å². The maximum atomic E-state index is 13.0. The standard InChI is InChI=1S/C22H15ClN2O2S/c23-14-10-8-13(9-11-14)12-24-22(28)25-18-7-3-6-17-19(18)21(27)16-5-2-1-4-15(16)20(17)26/h1-11H,12H2,(H2,24,25,28). The van der Waals surface area contributed by atoms with Gasteiger partial charge in [0, 0.05) is 28.3 Å². The number of hydrogen-bond donors (Lipinski definition) is 2. The van der Waals surface area contributed by atoms with Crippen LogP contribution in [0.5, 0.6) is 0 Å². The number of halogens is 1. The molecule has 6 heteroatoms. The number of rotatable bonds is 3. The van der Waals surface area contributed by atoms with Crippen LogP contribution < -0.4 is 10.6 Å². The zero-order valence-corrected chi connectivity index (χ0v) is 16.2. The average molecular weight is 407 g/mol. The van der Waals surface area contributed by atoms with E-state index in [9.17, 15) is 9.59 Å². The summed E-state index contributed by atoms with van der Waals surface area (Å²) < 4.78 is 0. The Labute approximate surface area is 172 Å². The molecule has 28 heavy (non-hydrogen) atoms. The predicted molar refractivity (Wildman–Crippen MR) is 114 cm³/mol. The molecular formula is C22H15ClN2O2S. The monoisotopic (exact) mass is 406 g/mol. The fourth-order valence-electron chi connectivity index (χ4n) is 3.20. The maximum absolute atomic E-state index is 13.0. The Balaban J connectivity index is 1.56. The normalized spacial score (nSPS) is 12.2. The number of carbonyl (C=O) groups is 2. The van der Waals surface area contributed by atoms with Crippen molar-refractivity contribution in [3.05, 3.63) is 99.6 Å². The molecule has 0 aliphatic heterocycles. The van der Waals surface area contributed by atoms with Gasteiger partial charge in [-0.2, -0.15) is 0 Å². The number of benzene rings is 3. The third-order valence-electron chi connectivity index (χ3n) is 4.57. The van der Waals surface area contributed by atoms with Crippen LogP contribution in [0.3, 0.4) is 0 Å². The van der Waals surface area contributed by atoms with Crippen molar-refractivity contribution in [1.29, 1.82) is 0 Å². The van der Waals surface area contributed by atoms with Crippen LogP contribution in [0.1, 0.15) is 37.4 Å². The van der Waals surface area contributed by atoms with Crippen molar-refractivity contribution in [1.82, 2.24) is 5.32 Å². The topological polar surface area (TPSA) is 58.2 Å². The molecule has 0 bridgehead atoms. The third-order valence-corrected chi connectivity index (χ3v) is 5.07. The van der Waals surface area contributed by atoms with Crippen molar-refractivity contribution in [3.63, 3.8) is 0 Å². The van der Waals surface area contributed by atoms with Crippen LogP contribution >= 0.6 is 23.8 Å². The number of hydrogen-bond acceptors (Lipinski definition) is 3. The van der Waals surface area contributed by atoms with Crippen LogP contribution in [-0.2, 0) is 6.54 Å². The summed E-state index contributed by atoms with van der Waals surface area (Å²) in [5.41, 5.74) is 3.11. The average Bonchev–Trinajstić information content (AvgIpc) is 2.71. The Bertz CT molecular complexity index is 1110. The number of carbonyl (C=O) groups excluding carboxylic acids is 2. The molecule has 2 N–H and O–H groups in total. The van der Waals surface area contributed by atoms with Crippen LogP contribution in [0, 0.1) is 0 Å². The molecule has 0 spiro atoms. The Morgan fingerprint density at radius 2 is 1.46 bits per heavy atom. The van der Waals surface area contributed by atoms with Crippen LogP contribution in [0.15, 0.2) is 66.7 Å². The Kier molecular flexibility index (Phi) is 4.94. The Morgan fingerprint density at radius 1 is 0.821 bits per heavy atom. The predicted octanol–water partition coefficient (Wildman–Crippen LogP) is 4.60. The Hall–Kier alpha value is -3.02. The first-order valence-electron chi connectivity index (χ1n) is 8.65. The molecule has 4 nitrogen and oxygen atoms in total. The molecule has 4 rings (SSSR count). The summed E-state index contributed by atoms with van der Waals surface area (Å²) in [7, 11) is 0. The number of fused-ring (bicyclic) bond motifs is 2. The number of nitrogens with one attached hydrogen (secondary N) is 2. The van der Waals surface area contributed by atoms with E-state index in [1.807, 2.05) is 24.3 Å². The zero-order chi connectivity index (χ0) is 19.7. The van der Waals surface area contributed by atoms with Gasteiger partial charge in [-0.1, -0.05) is 60.1 Å². The molecule has 1 aliphatic rings. The highest BCUT2D eigenvalue weighted by molar-refractivity contribution is 7.80. The lowest BCUT2D eigenvalue weighted by atomic mass is 9.83. The molecule has 3 aromatic rings. The highest BCUT2D eigenvalue weighted by atomic mass is 35.5. The molecular weight excluding hydrogens is 392 g/mol. The molecule has 0 unspecified atom stereocenters. The molecule has 0 saturated heterocycles. The van der Waals surface area contributed by atoms with E-state index in [1.165, 1.54) is 0 Å². The zero-order valence-electron chi connectivity index (χ0n) is 14.7. The summed E-state index contributed by atoms with van der Waals surface area (Å²) in [5, 5.41) is 7.19. The SMILES string of the molecule is O=C1c2ccccc2C(=O)c2c(NC(=S)NCc3ccc(Cl)cc3)cccc21. The van der Waals surface area contributed by atoms with Crippen molar-refractivity contribution in [2.24, 2.45) is 0 Å². The maximum Gasteiger partial charge on any atom is 0.196 e. The van der Waals surface area contributed by atoms with Gasteiger partial charge in [0.15, 0.2) is 16.7 Å². The van der Waals surface area contributed by atoms with Gasteiger partial charge in [-0.15, -0.1) is 0 Å². The largest absolute Gasteiger partial charge is 0.358 e. The van der Waals surface area contributed by atoms with E-state index >= 15 is 0 Å². The summed E-state index contributed by atoms with van der Waals surface area (Å²) in [5.74, 6) is -0.345. The van der Waals surface area contributed by atoms with Crippen molar-refractivity contribution in [3.8, 4) is 0 Å². The van der Waals surface area contributed by atoms with Crippen LogP contribution in [0.4, 0.5) is 5.69 Å². The first-order chi connectivity index (χ1) is 13.5. The molecule has 3 aromatic carbocycles. The van der Waals surface area contributed by atoms with E-state index < -0.39 is 0 Å². The van der Waals surface area contributed by atoms with Crippen LogP contribution in [-0.4, -0.2) is 16.7 Å². The van der Waals surface area contributed by atoms with E-state index in [2.05, 4.69) is 10.6 Å². The number of thiocarbonyl (C=S) groups is 1. The number of ketones is 2. The molecule has 0 fully saturated rings. The second kappa shape index (κ2) is 7.54. The van der Waals surface area contributed by atoms with Crippen molar-refractivity contribution < 1.29 is 9.59 Å². The third kappa shape index (κ3) is 3.42. The van der Waals surface area contributed by atoms with Gasteiger partial charge < -0.3 is 10.6 Å². The van der Waals surface area contributed by atoms with Crippen molar-refractivity contribution in [2.45, 2.75) is 6.54 Å². The fraction of sp³-hybridized carbons (Fsp3) is 0.0455. The van der Waals surface area contributed by atoms with Gasteiger partial charge in [-0.25, -0.2) is 0 Å². The lowest BCUT2D eigenvalue weighted by Crippen LogP contribution is -2.30. The minimum absolute atomic E-state index is 0.158. The van der Waals surface area contributed by atoms with Crippen molar-refractivity contribution >= 4 is 46.2 Å². The molecule has 138 valence electrons. The van der Waals surface area contributed by atoms with Crippen LogP contribution in [0.25, 0.3) is 0 Å². The van der Waals surface area contributed by atoms with E-state index in [1.54, 1.807) is 42.5 Å². The lowest BCUT2D eigenvalue weighted by molar-refractivity contribution is 0.0979. The summed E-state index contributed by atoms with van der Waals surface area (Å²) >= 11 is 11.3. The molecule has 0 atom stereocenters. The van der Waals surface area contributed by atoms with Crippen molar-refractivity contribution in [2.75, 3.05) is 5.32 Å². The molecule has 0 saturated carbocycles. The first-order valence-corrected chi connectivity index (χ1v) is 9.44. The quantitative estimate of drug-likeness (QED) is 0.487. The molecule has 1 aliphatic carbocycles. The molecule has 0 radical (unpaired) electrons. The van der Waals surface area contributed by atoms with Gasteiger partial charge in [0.25, 0.3) is 0 Å². The molecule has 0 heterocycles. The van der Waals surface area contributed by atoms with Gasteiger partial charge in [0.1, 0.15) is 0 Å². The van der Waals surface area contributed by atoms with E-state index in [4.69, 9.17) is 23.8 Å². The second-order valence-electron chi connectivity index (χ2n) is 6.37. The fourth-order valence-corrected chi connectivity index (χ4v) is 3.51. The second-order valence-corrected chi connectivity index (χ2v) is 7.21.